The Balaban J connectivity index is 1.80. The summed E-state index contributed by atoms with van der Waals surface area (Å²) in [6.45, 7) is 6.91. The standard InChI is InChI=1S/C23H28N2O4/c1-5-28-22(26)16-6-8-17(9-7-16)24-25-18-10-11-20-19(14-18)21(29-15-27-4)12-13-23(20,2)3/h6-11,14,21H,5,12-13,15H2,1-4H3. The number of methoxy groups -OCH3 is 1. The van der Waals surface area contributed by atoms with Gasteiger partial charge in [-0.2, -0.15) is 10.2 Å². The summed E-state index contributed by atoms with van der Waals surface area (Å²) in [4.78, 5) is 11.7. The lowest BCUT2D eigenvalue weighted by Crippen LogP contribution is -2.27. The van der Waals surface area contributed by atoms with Crippen LogP contribution in [0.25, 0.3) is 0 Å². The van der Waals surface area contributed by atoms with E-state index in [0.717, 1.165) is 24.1 Å². The molecule has 0 saturated heterocycles. The fourth-order valence-corrected chi connectivity index (χ4v) is 3.59. The zero-order valence-corrected chi connectivity index (χ0v) is 17.5. The van der Waals surface area contributed by atoms with Crippen molar-refractivity contribution in [1.82, 2.24) is 0 Å². The molecule has 6 nitrogen and oxygen atoms in total. The van der Waals surface area contributed by atoms with Crippen molar-refractivity contribution in [2.45, 2.75) is 45.1 Å². The van der Waals surface area contributed by atoms with Gasteiger partial charge in [-0.1, -0.05) is 19.9 Å². The molecule has 1 unspecified atom stereocenters. The van der Waals surface area contributed by atoms with Crippen LogP contribution in [0.3, 0.4) is 0 Å². The Bertz CT molecular complexity index is 875. The third-order valence-corrected chi connectivity index (χ3v) is 5.19. The lowest BCUT2D eigenvalue weighted by Gasteiger charge is -2.37. The summed E-state index contributed by atoms with van der Waals surface area (Å²) < 4.78 is 16.0. The van der Waals surface area contributed by atoms with E-state index in [1.54, 1.807) is 38.3 Å². The fraction of sp³-hybridized carbons (Fsp3) is 0.435. The number of carbonyl (C=O) groups excluding carboxylic acids is 1. The van der Waals surface area contributed by atoms with E-state index < -0.39 is 0 Å². The highest BCUT2D eigenvalue weighted by Gasteiger charge is 2.33. The van der Waals surface area contributed by atoms with Gasteiger partial charge < -0.3 is 14.2 Å². The minimum atomic E-state index is -0.338. The molecule has 1 aliphatic carbocycles. The summed E-state index contributed by atoms with van der Waals surface area (Å²) in [5.74, 6) is -0.338. The van der Waals surface area contributed by atoms with Crippen LogP contribution in [-0.4, -0.2) is 26.5 Å². The van der Waals surface area contributed by atoms with E-state index in [0.29, 0.717) is 17.9 Å². The van der Waals surface area contributed by atoms with Crippen LogP contribution in [0.1, 0.15) is 61.2 Å². The monoisotopic (exact) mass is 396 g/mol. The van der Waals surface area contributed by atoms with E-state index in [9.17, 15) is 4.79 Å². The van der Waals surface area contributed by atoms with Crippen molar-refractivity contribution in [3.63, 3.8) is 0 Å². The minimum Gasteiger partial charge on any atom is -0.462 e. The topological polar surface area (TPSA) is 69.5 Å². The van der Waals surface area contributed by atoms with Gasteiger partial charge in [-0.25, -0.2) is 4.79 Å². The van der Waals surface area contributed by atoms with Gasteiger partial charge in [-0.3, -0.25) is 0 Å². The Morgan fingerprint density at radius 3 is 2.48 bits per heavy atom. The van der Waals surface area contributed by atoms with Gasteiger partial charge in [0.15, 0.2) is 0 Å². The number of benzene rings is 2. The second-order valence-electron chi connectivity index (χ2n) is 7.72. The number of hydrogen-bond acceptors (Lipinski definition) is 6. The van der Waals surface area contributed by atoms with E-state index in [1.807, 2.05) is 12.1 Å². The Hall–Kier alpha value is -2.57. The molecular weight excluding hydrogens is 368 g/mol. The Morgan fingerprint density at radius 1 is 1.10 bits per heavy atom. The highest BCUT2D eigenvalue weighted by atomic mass is 16.7. The van der Waals surface area contributed by atoms with Crippen LogP contribution in [0, 0.1) is 0 Å². The summed E-state index contributed by atoms with van der Waals surface area (Å²) in [5.41, 5.74) is 4.46. The zero-order valence-electron chi connectivity index (χ0n) is 17.5. The first-order valence-corrected chi connectivity index (χ1v) is 9.88. The molecule has 0 saturated carbocycles. The maximum Gasteiger partial charge on any atom is 0.338 e. The predicted molar refractivity (Wildman–Crippen MR) is 111 cm³/mol. The van der Waals surface area contributed by atoms with Crippen molar-refractivity contribution in [2.75, 3.05) is 20.5 Å². The second kappa shape index (κ2) is 9.29. The molecule has 0 fully saturated rings. The van der Waals surface area contributed by atoms with Gasteiger partial charge in [0, 0.05) is 7.11 Å². The third-order valence-electron chi connectivity index (χ3n) is 5.19. The van der Waals surface area contributed by atoms with E-state index in [4.69, 9.17) is 14.2 Å². The molecule has 29 heavy (non-hydrogen) atoms. The lowest BCUT2D eigenvalue weighted by atomic mass is 9.71. The van der Waals surface area contributed by atoms with Gasteiger partial charge in [0.2, 0.25) is 0 Å². The fourth-order valence-electron chi connectivity index (χ4n) is 3.59. The molecule has 0 amide bonds. The summed E-state index contributed by atoms with van der Waals surface area (Å²) in [7, 11) is 1.63. The van der Waals surface area contributed by atoms with Crippen LogP contribution in [0.4, 0.5) is 11.4 Å². The Kier molecular flexibility index (Phi) is 6.77. The molecule has 6 heteroatoms. The summed E-state index contributed by atoms with van der Waals surface area (Å²) in [5, 5.41) is 8.68. The number of ether oxygens (including phenoxy) is 3. The molecule has 1 atom stereocenters. The van der Waals surface area contributed by atoms with Crippen LogP contribution in [0.2, 0.25) is 0 Å². The third kappa shape index (κ3) is 5.08. The van der Waals surface area contributed by atoms with E-state index in [2.05, 4.69) is 30.1 Å². The Labute approximate surface area is 171 Å². The van der Waals surface area contributed by atoms with Crippen molar-refractivity contribution >= 4 is 17.3 Å². The highest BCUT2D eigenvalue weighted by molar-refractivity contribution is 5.89. The second-order valence-corrected chi connectivity index (χ2v) is 7.72. The molecule has 0 bridgehead atoms. The summed E-state index contributed by atoms with van der Waals surface area (Å²) in [6.07, 6.45) is 2.00. The maximum absolute atomic E-state index is 11.7. The number of esters is 1. The highest BCUT2D eigenvalue weighted by Crippen LogP contribution is 2.44. The van der Waals surface area contributed by atoms with Crippen LogP contribution in [0.5, 0.6) is 0 Å². The molecule has 0 heterocycles. The zero-order chi connectivity index (χ0) is 20.9. The average molecular weight is 396 g/mol. The van der Waals surface area contributed by atoms with Crippen molar-refractivity contribution in [1.29, 1.82) is 0 Å². The molecule has 0 N–H and O–H groups in total. The molecule has 2 aromatic carbocycles. The molecular formula is C23H28N2O4. The van der Waals surface area contributed by atoms with Crippen molar-refractivity contribution < 1.29 is 19.0 Å². The lowest BCUT2D eigenvalue weighted by molar-refractivity contribution is -0.0808. The van der Waals surface area contributed by atoms with Gasteiger partial charge in [0.1, 0.15) is 6.79 Å². The first-order chi connectivity index (χ1) is 13.9. The van der Waals surface area contributed by atoms with Gasteiger partial charge >= 0.3 is 5.97 Å². The normalized spacial score (nSPS) is 17.9. The number of hydrogen-bond donors (Lipinski definition) is 0. The Morgan fingerprint density at radius 2 is 1.79 bits per heavy atom. The van der Waals surface area contributed by atoms with E-state index in [1.165, 1.54) is 5.56 Å². The average Bonchev–Trinajstić information content (AvgIpc) is 2.72. The summed E-state index contributed by atoms with van der Waals surface area (Å²) >= 11 is 0. The van der Waals surface area contributed by atoms with Gasteiger partial charge in [-0.15, -0.1) is 0 Å². The molecule has 0 radical (unpaired) electrons. The van der Waals surface area contributed by atoms with Crippen molar-refractivity contribution in [3.8, 4) is 0 Å². The van der Waals surface area contributed by atoms with Crippen LogP contribution in [0.15, 0.2) is 52.7 Å². The largest absolute Gasteiger partial charge is 0.462 e. The van der Waals surface area contributed by atoms with Crippen molar-refractivity contribution in [2.24, 2.45) is 10.2 Å². The number of azo groups is 1. The molecule has 154 valence electrons. The van der Waals surface area contributed by atoms with Gasteiger partial charge in [0.25, 0.3) is 0 Å². The first-order valence-electron chi connectivity index (χ1n) is 9.88. The van der Waals surface area contributed by atoms with Crippen LogP contribution in [-0.2, 0) is 19.6 Å². The van der Waals surface area contributed by atoms with Gasteiger partial charge in [0.05, 0.1) is 29.6 Å². The number of rotatable bonds is 7. The summed E-state index contributed by atoms with van der Waals surface area (Å²) in [6, 6.07) is 13.0. The smallest absolute Gasteiger partial charge is 0.338 e. The van der Waals surface area contributed by atoms with Crippen LogP contribution < -0.4 is 0 Å². The number of nitrogens with zero attached hydrogens (tertiary/aromatic N) is 2. The van der Waals surface area contributed by atoms with E-state index in [-0.39, 0.29) is 24.3 Å². The van der Waals surface area contributed by atoms with Crippen molar-refractivity contribution in [3.05, 3.63) is 59.2 Å². The SMILES string of the molecule is CCOC(=O)c1ccc(N=Nc2ccc3c(c2)C(OCOC)CCC3(C)C)cc1. The molecule has 0 aromatic heterocycles. The molecule has 0 spiro atoms. The maximum atomic E-state index is 11.7. The molecule has 0 aliphatic heterocycles. The number of carbonyl (C=O) groups is 1. The molecule has 2 aromatic rings. The number of fused-ring (bicyclic) bond motifs is 1. The molecule has 1 aliphatic rings. The predicted octanol–water partition coefficient (Wildman–Crippen LogP) is 6.01. The van der Waals surface area contributed by atoms with Gasteiger partial charge in [-0.05, 0) is 72.7 Å². The molecule has 3 rings (SSSR count). The van der Waals surface area contributed by atoms with E-state index >= 15 is 0 Å². The van der Waals surface area contributed by atoms with Crippen LogP contribution >= 0.6 is 0 Å². The minimum absolute atomic E-state index is 0.00279. The first kappa shape index (κ1) is 21.1. The quantitative estimate of drug-likeness (QED) is 0.326.